The van der Waals surface area contributed by atoms with Gasteiger partial charge in [-0.2, -0.15) is 0 Å². The van der Waals surface area contributed by atoms with E-state index in [1.165, 1.54) is 6.92 Å². The average molecular weight is 864 g/mol. The van der Waals surface area contributed by atoms with Crippen LogP contribution in [-0.2, 0) is 47.8 Å². The predicted octanol–water partition coefficient (Wildman–Crippen LogP) is -4.80. The number of carboxylic acids is 1. The molecular weight excluding hydrogens is 806 g/mol. The van der Waals surface area contributed by atoms with Crippen molar-refractivity contribution < 1.29 is 92.6 Å². The van der Waals surface area contributed by atoms with Crippen LogP contribution in [0.15, 0.2) is 18.2 Å². The summed E-state index contributed by atoms with van der Waals surface area (Å²) in [5, 5.41) is 69.4. The van der Waals surface area contributed by atoms with Crippen LogP contribution in [0.3, 0.4) is 0 Å². The van der Waals surface area contributed by atoms with E-state index in [1.54, 1.807) is 39.5 Å². The van der Waals surface area contributed by atoms with Crippen LogP contribution in [0, 0.1) is 0 Å². The highest BCUT2D eigenvalue weighted by atomic mass is 16.7. The number of carbonyl (C=O) groups excluding carboxylic acids is 6. The predicted molar refractivity (Wildman–Crippen MR) is 203 cm³/mol. The molecule has 0 bridgehead atoms. The number of aliphatic carboxylic acids is 1. The number of hydrogen-bond donors (Lipinski definition) is 11. The number of carbonyl (C=O) groups is 7. The molecule has 1 fully saturated rings. The van der Waals surface area contributed by atoms with Gasteiger partial charge in [0.05, 0.1) is 34.5 Å². The van der Waals surface area contributed by atoms with E-state index in [1.807, 2.05) is 0 Å². The number of amides is 5. The van der Waals surface area contributed by atoms with Crippen molar-refractivity contribution in [3.8, 4) is 17.2 Å². The summed E-state index contributed by atoms with van der Waals surface area (Å²) in [7, 11) is 4.82. The number of aldehydes is 1. The van der Waals surface area contributed by atoms with E-state index in [-0.39, 0.29) is 19.1 Å². The summed E-state index contributed by atoms with van der Waals surface area (Å²) >= 11 is 0. The van der Waals surface area contributed by atoms with Crippen LogP contribution < -0.4 is 41.2 Å². The van der Waals surface area contributed by atoms with E-state index >= 15 is 0 Å². The van der Waals surface area contributed by atoms with Crippen molar-refractivity contribution in [2.24, 2.45) is 5.73 Å². The molecule has 2 rings (SSSR count). The van der Waals surface area contributed by atoms with Crippen molar-refractivity contribution in [1.82, 2.24) is 21.3 Å². The van der Waals surface area contributed by atoms with Crippen LogP contribution in [-0.4, -0.2) is 180 Å². The van der Waals surface area contributed by atoms with Gasteiger partial charge in [-0.05, 0) is 20.3 Å². The number of hydrogen-bond acceptors (Lipinski definition) is 18. The number of methoxy groups -OCH3 is 3. The third-order valence-corrected chi connectivity index (χ3v) is 8.64. The zero-order chi connectivity index (χ0) is 45.9. The van der Waals surface area contributed by atoms with Crippen LogP contribution >= 0.6 is 0 Å². The van der Waals surface area contributed by atoms with Gasteiger partial charge in [0.15, 0.2) is 6.29 Å². The second-order valence-electron chi connectivity index (χ2n) is 13.3. The van der Waals surface area contributed by atoms with Gasteiger partial charge in [0.1, 0.15) is 90.4 Å². The molecule has 60 heavy (non-hydrogen) atoms. The molecule has 1 aliphatic rings. The molecule has 24 heteroatoms. The normalized spacial score (nSPS) is 22.0. The fourth-order valence-electron chi connectivity index (χ4n) is 5.46. The van der Waals surface area contributed by atoms with E-state index < -0.39 is 122 Å². The van der Waals surface area contributed by atoms with Crippen LogP contribution in [0.4, 0.5) is 0 Å². The zero-order valence-electron chi connectivity index (χ0n) is 34.1. The minimum Gasteiger partial charge on any atom is -0.496 e. The molecule has 24 nitrogen and oxygen atoms in total. The van der Waals surface area contributed by atoms with Gasteiger partial charge in [-0.15, -0.1) is 0 Å². The van der Waals surface area contributed by atoms with Gasteiger partial charge >= 0.3 is 5.97 Å². The van der Waals surface area contributed by atoms with Crippen molar-refractivity contribution in [3.63, 3.8) is 0 Å². The molecule has 0 spiro atoms. The van der Waals surface area contributed by atoms with Crippen LogP contribution in [0.1, 0.15) is 40.5 Å². The monoisotopic (exact) mass is 863 g/mol. The number of aliphatic hydroxyl groups excluding tert-OH is 5. The Bertz CT molecular complexity index is 1530. The lowest BCUT2D eigenvalue weighted by atomic mass is 9.96. The molecule has 12 unspecified atom stereocenters. The number of nitrogens with one attached hydrogen (secondary N) is 4. The molecule has 0 aromatic heterocycles. The van der Waals surface area contributed by atoms with Gasteiger partial charge in [0.2, 0.25) is 29.5 Å². The Kier molecular flexibility index (Phi) is 23.0. The first kappa shape index (κ1) is 52.8. The molecule has 0 aliphatic carbocycles. The molecule has 1 saturated heterocycles. The second-order valence-corrected chi connectivity index (χ2v) is 13.3. The lowest BCUT2D eigenvalue weighted by Gasteiger charge is -2.45. The Labute approximate surface area is 344 Å². The van der Waals surface area contributed by atoms with E-state index in [9.17, 15) is 64.2 Å². The lowest BCUT2D eigenvalue weighted by Crippen LogP contribution is -2.66. The van der Waals surface area contributed by atoms with Gasteiger partial charge in [0, 0.05) is 38.5 Å². The van der Waals surface area contributed by atoms with Crippen molar-refractivity contribution in [1.29, 1.82) is 0 Å². The van der Waals surface area contributed by atoms with Crippen LogP contribution in [0.25, 0.3) is 0 Å². The third-order valence-electron chi connectivity index (χ3n) is 8.64. The number of primary amides is 1. The maximum atomic E-state index is 13.1. The Morgan fingerprint density at radius 1 is 0.850 bits per heavy atom. The quantitative estimate of drug-likeness (QED) is 0.0460. The topological polar surface area (TPSA) is 370 Å². The molecule has 1 aliphatic heterocycles. The molecule has 0 radical (unpaired) electrons. The van der Waals surface area contributed by atoms with E-state index in [2.05, 4.69) is 21.3 Å². The molecule has 12 atom stereocenters. The number of aliphatic hydroxyl groups is 5. The first-order valence-electron chi connectivity index (χ1n) is 18.3. The molecule has 1 aromatic carbocycles. The van der Waals surface area contributed by atoms with Crippen molar-refractivity contribution >= 4 is 41.8 Å². The summed E-state index contributed by atoms with van der Waals surface area (Å²) in [5.41, 5.74) is 5.03. The number of benzene rings is 1. The molecule has 0 saturated carbocycles. The molecule has 5 amide bonds. The highest BCUT2D eigenvalue weighted by Crippen LogP contribution is 2.28. The smallest absolute Gasteiger partial charge is 0.326 e. The highest BCUT2D eigenvalue weighted by molar-refractivity contribution is 5.91. The third kappa shape index (κ3) is 16.8. The van der Waals surface area contributed by atoms with Gasteiger partial charge in [0.25, 0.3) is 0 Å². The number of rotatable bonds is 23. The maximum absolute atomic E-state index is 13.1. The Balaban J connectivity index is 0.00000127. The second kappa shape index (κ2) is 26.1. The summed E-state index contributed by atoms with van der Waals surface area (Å²) in [4.78, 5) is 84.1. The number of ether oxygens (including phenoxy) is 6. The number of nitrogens with two attached hydrogens (primary N) is 1. The zero-order valence-corrected chi connectivity index (χ0v) is 34.1. The molecular formula is C36H57N5O19. The SMILES string of the molecule is CC(=O)NC(C=O)C(OC(C)C(=O)NC(C)C(=O)NC(CCC(N)=O)C(=O)O)C(OC1OC(CO)C(O)C(O)C1NC(C)=O)C(O)CO.COc1cc(OC)cc(OC)c1. The molecule has 1 heterocycles. The van der Waals surface area contributed by atoms with Crippen LogP contribution in [0.2, 0.25) is 0 Å². The molecule has 12 N–H and O–H groups in total. The first-order chi connectivity index (χ1) is 28.2. The average Bonchev–Trinajstić information content (AvgIpc) is 3.21. The standard InChI is InChI=1S/C27H45N5O16.C9H12O3/c1-10(24(42)32-14(26(44)45)5-6-18(28)39)29-25(43)11(2)46-22(15(7-33)30-12(3)36)23(16(38)8-34)48-27-19(31-13(4)37)21(41)20(40)17(9-35)47-27;1-10-7-4-8(11-2)6-9(5-7)12-3/h7,10-11,14-17,19-23,27,34-35,38,40-41H,5-6,8-9H2,1-4H3,(H2,28,39)(H,29,43)(H,30,36)(H,31,37)(H,32,42)(H,44,45);4-6H,1-3H3. The van der Waals surface area contributed by atoms with E-state index in [0.29, 0.717) is 0 Å². The minimum absolute atomic E-state index is 0.160. The fourth-order valence-corrected chi connectivity index (χ4v) is 5.46. The summed E-state index contributed by atoms with van der Waals surface area (Å²) in [6.07, 6.45) is -14.7. The lowest BCUT2D eigenvalue weighted by molar-refractivity contribution is -0.302. The molecule has 340 valence electrons. The van der Waals surface area contributed by atoms with Gasteiger partial charge in [-0.1, -0.05) is 0 Å². The van der Waals surface area contributed by atoms with E-state index in [4.69, 9.17) is 34.2 Å². The Morgan fingerprint density at radius 3 is 1.82 bits per heavy atom. The van der Waals surface area contributed by atoms with Gasteiger partial charge < -0.3 is 90.9 Å². The maximum Gasteiger partial charge on any atom is 0.326 e. The number of carboxylic acid groups (broad SMARTS) is 1. The van der Waals surface area contributed by atoms with Crippen molar-refractivity contribution in [3.05, 3.63) is 18.2 Å². The fraction of sp³-hybridized carbons (Fsp3) is 0.639. The summed E-state index contributed by atoms with van der Waals surface area (Å²) in [5.74, 6) is -3.60. The minimum atomic E-state index is -1.96. The van der Waals surface area contributed by atoms with Crippen molar-refractivity contribution in [2.75, 3.05) is 34.5 Å². The van der Waals surface area contributed by atoms with E-state index in [0.717, 1.165) is 38.0 Å². The van der Waals surface area contributed by atoms with Gasteiger partial charge in [-0.3, -0.25) is 24.0 Å². The Morgan fingerprint density at radius 2 is 1.40 bits per heavy atom. The molecule has 1 aromatic rings. The highest BCUT2D eigenvalue weighted by Gasteiger charge is 2.49. The Hall–Kier alpha value is -5.21. The largest absolute Gasteiger partial charge is 0.496 e. The van der Waals surface area contributed by atoms with Crippen molar-refractivity contribution in [2.45, 2.75) is 114 Å². The summed E-state index contributed by atoms with van der Waals surface area (Å²) in [6, 6.07) is -0.768. The van der Waals surface area contributed by atoms with Gasteiger partial charge in [-0.25, -0.2) is 4.79 Å². The summed E-state index contributed by atoms with van der Waals surface area (Å²) in [6.45, 7) is 2.50. The summed E-state index contributed by atoms with van der Waals surface area (Å²) < 4.78 is 32.1. The van der Waals surface area contributed by atoms with Crippen LogP contribution in [0.5, 0.6) is 17.2 Å². The first-order valence-corrected chi connectivity index (χ1v) is 18.3.